The van der Waals surface area contributed by atoms with Gasteiger partial charge in [0, 0.05) is 0 Å². The molecule has 0 saturated heterocycles. The molecule has 94 valence electrons. The number of hydrogen-bond donors (Lipinski definition) is 2. The Bertz CT molecular complexity index is 189. The van der Waals surface area contributed by atoms with Gasteiger partial charge < -0.3 is 24.4 Å². The van der Waals surface area contributed by atoms with E-state index in [9.17, 15) is 0 Å². The van der Waals surface area contributed by atoms with Gasteiger partial charge in [-0.1, -0.05) is 5.92 Å². The molecule has 5 heteroatoms. The van der Waals surface area contributed by atoms with E-state index in [1.807, 2.05) is 0 Å². The molecule has 0 rings (SSSR count). The van der Waals surface area contributed by atoms with E-state index in [1.54, 1.807) is 6.92 Å². The molecule has 0 aromatic rings. The first-order valence-corrected chi connectivity index (χ1v) is 5.20. The summed E-state index contributed by atoms with van der Waals surface area (Å²) >= 11 is 0. The maximum atomic E-state index is 8.97. The monoisotopic (exact) mass is 232 g/mol. The number of rotatable bonds is 10. The number of ether oxygens (including phenoxy) is 3. The minimum absolute atomic E-state index is 0.0816. The van der Waals surface area contributed by atoms with Crippen LogP contribution in [0.25, 0.3) is 0 Å². The van der Waals surface area contributed by atoms with Crippen LogP contribution in [0.2, 0.25) is 0 Å². The predicted octanol–water partition coefficient (Wildman–Crippen LogP) is -0.589. The molecule has 0 aliphatic heterocycles. The molecule has 0 aromatic heterocycles. The van der Waals surface area contributed by atoms with E-state index >= 15 is 0 Å². The zero-order valence-electron chi connectivity index (χ0n) is 9.59. The number of terminal acetylenes is 1. The Morgan fingerprint density at radius 2 is 1.88 bits per heavy atom. The first-order valence-electron chi connectivity index (χ1n) is 5.20. The molecule has 2 N–H and O–H groups in total. The van der Waals surface area contributed by atoms with Crippen molar-refractivity contribution in [3.8, 4) is 12.3 Å². The van der Waals surface area contributed by atoms with Gasteiger partial charge in [0.2, 0.25) is 0 Å². The Balaban J connectivity index is 3.45. The molecule has 0 heterocycles. The smallest absolute Gasteiger partial charge is 0.107 e. The van der Waals surface area contributed by atoms with Crippen LogP contribution in [0, 0.1) is 12.3 Å². The lowest BCUT2D eigenvalue weighted by molar-refractivity contribution is -0.0896. The lowest BCUT2D eigenvalue weighted by Gasteiger charge is -2.19. The first-order chi connectivity index (χ1) is 7.74. The molecule has 0 saturated carbocycles. The summed E-state index contributed by atoms with van der Waals surface area (Å²) in [7, 11) is 0. The zero-order valence-corrected chi connectivity index (χ0v) is 9.59. The van der Waals surface area contributed by atoms with Crippen molar-refractivity contribution in [3.05, 3.63) is 0 Å². The van der Waals surface area contributed by atoms with E-state index in [2.05, 4.69) is 5.92 Å². The van der Waals surface area contributed by atoms with Gasteiger partial charge in [-0.05, 0) is 6.92 Å². The lowest BCUT2D eigenvalue weighted by atomic mass is 10.3. The number of aliphatic hydroxyl groups is 2. The third-order valence-electron chi connectivity index (χ3n) is 1.75. The molecule has 16 heavy (non-hydrogen) atoms. The third-order valence-corrected chi connectivity index (χ3v) is 1.75. The highest BCUT2D eigenvalue weighted by Crippen LogP contribution is 1.98. The summed E-state index contributed by atoms with van der Waals surface area (Å²) in [4.78, 5) is 0. The van der Waals surface area contributed by atoms with Crippen LogP contribution in [0.3, 0.4) is 0 Å². The third kappa shape index (κ3) is 8.65. The summed E-state index contributed by atoms with van der Waals surface area (Å²) in [6.07, 6.45) is 4.26. The van der Waals surface area contributed by atoms with Crippen LogP contribution in [0.4, 0.5) is 0 Å². The molecule has 0 aliphatic rings. The molecule has 0 bridgehead atoms. The summed E-state index contributed by atoms with van der Waals surface area (Å²) < 4.78 is 15.5. The fourth-order valence-corrected chi connectivity index (χ4v) is 0.970. The van der Waals surface area contributed by atoms with Crippen LogP contribution in [0.5, 0.6) is 0 Å². The van der Waals surface area contributed by atoms with Crippen molar-refractivity contribution in [1.29, 1.82) is 0 Å². The average molecular weight is 232 g/mol. The second-order valence-corrected chi connectivity index (χ2v) is 3.27. The van der Waals surface area contributed by atoms with Crippen LogP contribution in [-0.4, -0.2) is 62.1 Å². The minimum atomic E-state index is -0.421. The summed E-state index contributed by atoms with van der Waals surface area (Å²) in [5.41, 5.74) is 0. The second kappa shape index (κ2) is 10.9. The standard InChI is InChI=1S/C11H20O5/c1-3-4-14-5-6-15-9-11(8-13)16-10(2)7-12/h1,10-13H,4-9H2,2H3. The van der Waals surface area contributed by atoms with E-state index in [0.717, 1.165) is 0 Å². The molecular formula is C11H20O5. The van der Waals surface area contributed by atoms with E-state index < -0.39 is 6.10 Å². The van der Waals surface area contributed by atoms with Gasteiger partial charge in [0.15, 0.2) is 0 Å². The van der Waals surface area contributed by atoms with Gasteiger partial charge in [-0.15, -0.1) is 6.42 Å². The molecule has 0 fully saturated rings. The Morgan fingerprint density at radius 3 is 2.44 bits per heavy atom. The van der Waals surface area contributed by atoms with Gasteiger partial charge in [0.25, 0.3) is 0 Å². The van der Waals surface area contributed by atoms with E-state index in [4.69, 9.17) is 30.8 Å². The van der Waals surface area contributed by atoms with Gasteiger partial charge in [0.1, 0.15) is 12.7 Å². The molecule has 0 amide bonds. The fourth-order valence-electron chi connectivity index (χ4n) is 0.970. The second-order valence-electron chi connectivity index (χ2n) is 3.27. The topological polar surface area (TPSA) is 68.2 Å². The summed E-state index contributed by atoms with van der Waals surface area (Å²) in [6.45, 7) is 2.84. The molecular weight excluding hydrogens is 212 g/mol. The van der Waals surface area contributed by atoms with Crippen LogP contribution in [0.15, 0.2) is 0 Å². The SMILES string of the molecule is C#CCOCCOCC(CO)OC(C)CO. The highest BCUT2D eigenvalue weighted by molar-refractivity contribution is 4.82. The summed E-state index contributed by atoms with van der Waals surface area (Å²) in [6, 6.07) is 0. The van der Waals surface area contributed by atoms with Gasteiger partial charge in [-0.3, -0.25) is 0 Å². The van der Waals surface area contributed by atoms with E-state index in [-0.39, 0.29) is 32.5 Å². The van der Waals surface area contributed by atoms with Crippen molar-refractivity contribution >= 4 is 0 Å². The van der Waals surface area contributed by atoms with Crippen LogP contribution >= 0.6 is 0 Å². The Kier molecular flexibility index (Phi) is 10.4. The predicted molar refractivity (Wildman–Crippen MR) is 59.0 cm³/mol. The van der Waals surface area contributed by atoms with Crippen molar-refractivity contribution in [2.45, 2.75) is 19.1 Å². The van der Waals surface area contributed by atoms with Gasteiger partial charge in [-0.2, -0.15) is 0 Å². The maximum Gasteiger partial charge on any atom is 0.107 e. The Labute approximate surface area is 96.3 Å². The molecule has 2 atom stereocenters. The van der Waals surface area contributed by atoms with Crippen LogP contribution < -0.4 is 0 Å². The highest BCUT2D eigenvalue weighted by Gasteiger charge is 2.11. The van der Waals surface area contributed by atoms with Crippen molar-refractivity contribution in [1.82, 2.24) is 0 Å². The van der Waals surface area contributed by atoms with Crippen molar-refractivity contribution in [2.24, 2.45) is 0 Å². The molecule has 0 radical (unpaired) electrons. The quantitative estimate of drug-likeness (QED) is 0.389. The molecule has 0 aromatic carbocycles. The highest BCUT2D eigenvalue weighted by atomic mass is 16.6. The molecule has 0 aliphatic carbocycles. The lowest BCUT2D eigenvalue weighted by Crippen LogP contribution is -2.30. The van der Waals surface area contributed by atoms with Crippen molar-refractivity contribution < 1.29 is 24.4 Å². The van der Waals surface area contributed by atoms with Crippen LogP contribution in [0.1, 0.15) is 6.92 Å². The van der Waals surface area contributed by atoms with Gasteiger partial charge >= 0.3 is 0 Å². The maximum absolute atomic E-state index is 8.97. The molecule has 2 unspecified atom stereocenters. The fraction of sp³-hybridized carbons (Fsp3) is 0.818. The van der Waals surface area contributed by atoms with Crippen molar-refractivity contribution in [3.63, 3.8) is 0 Å². The first kappa shape index (κ1) is 15.4. The average Bonchev–Trinajstić information content (AvgIpc) is 2.31. The van der Waals surface area contributed by atoms with Gasteiger partial charge in [-0.25, -0.2) is 0 Å². The largest absolute Gasteiger partial charge is 0.394 e. The normalized spacial score (nSPS) is 14.4. The number of hydrogen-bond acceptors (Lipinski definition) is 5. The zero-order chi connectivity index (χ0) is 12.2. The number of aliphatic hydroxyl groups excluding tert-OH is 2. The van der Waals surface area contributed by atoms with Crippen LogP contribution in [-0.2, 0) is 14.2 Å². The molecule has 5 nitrogen and oxygen atoms in total. The van der Waals surface area contributed by atoms with E-state index in [1.165, 1.54) is 0 Å². The Hall–Kier alpha value is -0.640. The van der Waals surface area contributed by atoms with Crippen molar-refractivity contribution in [2.75, 3.05) is 39.6 Å². The Morgan fingerprint density at radius 1 is 1.19 bits per heavy atom. The van der Waals surface area contributed by atoms with E-state index in [0.29, 0.717) is 13.2 Å². The summed E-state index contributed by atoms with van der Waals surface area (Å²) in [5, 5.41) is 17.7. The summed E-state index contributed by atoms with van der Waals surface area (Å²) in [5.74, 6) is 2.34. The molecule has 0 spiro atoms. The minimum Gasteiger partial charge on any atom is -0.394 e. The van der Waals surface area contributed by atoms with Gasteiger partial charge in [0.05, 0.1) is 39.1 Å².